The van der Waals surface area contributed by atoms with Crippen molar-refractivity contribution in [2.75, 3.05) is 0 Å². The fraction of sp³-hybridized carbons (Fsp3) is 0.0625. The fourth-order valence-electron chi connectivity index (χ4n) is 2.02. The molecule has 0 aliphatic carbocycles. The molecule has 100 valence electrons. The minimum atomic E-state index is -0.408. The summed E-state index contributed by atoms with van der Waals surface area (Å²) >= 11 is 0. The molecule has 1 heterocycles. The van der Waals surface area contributed by atoms with E-state index in [2.05, 4.69) is 4.98 Å². The molecule has 3 rings (SSSR count). The molecule has 0 fully saturated rings. The lowest BCUT2D eigenvalue weighted by Gasteiger charge is -2.09. The fourth-order valence-corrected chi connectivity index (χ4v) is 2.02. The van der Waals surface area contributed by atoms with Crippen LogP contribution in [0.4, 0.5) is 4.39 Å². The van der Waals surface area contributed by atoms with Gasteiger partial charge in [-0.15, -0.1) is 0 Å². The molecule has 0 atom stereocenters. The van der Waals surface area contributed by atoms with Crippen molar-refractivity contribution >= 4 is 10.8 Å². The van der Waals surface area contributed by atoms with Gasteiger partial charge < -0.3 is 9.84 Å². The van der Waals surface area contributed by atoms with Gasteiger partial charge in [-0.2, -0.15) is 0 Å². The van der Waals surface area contributed by atoms with Crippen molar-refractivity contribution in [3.8, 4) is 11.5 Å². The van der Waals surface area contributed by atoms with Gasteiger partial charge in [0.05, 0.1) is 6.20 Å². The number of aromatic hydroxyl groups is 1. The first-order valence-corrected chi connectivity index (χ1v) is 6.16. The van der Waals surface area contributed by atoms with Crippen LogP contribution in [0.1, 0.15) is 5.56 Å². The average Bonchev–Trinajstić information content (AvgIpc) is 2.45. The van der Waals surface area contributed by atoms with Gasteiger partial charge in [-0.3, -0.25) is 4.98 Å². The second kappa shape index (κ2) is 5.17. The highest BCUT2D eigenvalue weighted by Gasteiger charge is 2.06. The molecule has 4 heteroatoms. The summed E-state index contributed by atoms with van der Waals surface area (Å²) in [7, 11) is 0. The largest absolute Gasteiger partial charge is 0.504 e. The number of hydrogen-bond acceptors (Lipinski definition) is 3. The third-order valence-electron chi connectivity index (χ3n) is 2.98. The highest BCUT2D eigenvalue weighted by molar-refractivity contribution is 5.85. The second-order valence-corrected chi connectivity index (χ2v) is 4.47. The predicted octanol–water partition coefficient (Wildman–Crippen LogP) is 3.66. The Kier molecular flexibility index (Phi) is 3.21. The Labute approximate surface area is 115 Å². The maximum atomic E-state index is 13.0. The van der Waals surface area contributed by atoms with E-state index in [1.165, 1.54) is 12.3 Å². The molecule has 0 bridgehead atoms. The number of nitrogens with zero attached hydrogens (tertiary/aromatic N) is 1. The molecule has 2 aromatic carbocycles. The first kappa shape index (κ1) is 12.4. The maximum Gasteiger partial charge on any atom is 0.162 e. The number of rotatable bonds is 3. The molecule has 0 amide bonds. The zero-order chi connectivity index (χ0) is 13.9. The zero-order valence-corrected chi connectivity index (χ0v) is 10.6. The zero-order valence-electron chi connectivity index (χ0n) is 10.6. The SMILES string of the molecule is Oc1cc2ccccc2cc1OCc1cncc(F)c1. The first-order valence-electron chi connectivity index (χ1n) is 6.16. The Bertz CT molecular complexity index is 758. The third-order valence-corrected chi connectivity index (χ3v) is 2.98. The number of ether oxygens (including phenoxy) is 1. The molecule has 1 N–H and O–H groups in total. The molecule has 0 radical (unpaired) electrons. The van der Waals surface area contributed by atoms with E-state index in [0.29, 0.717) is 11.3 Å². The Balaban J connectivity index is 1.85. The summed E-state index contributed by atoms with van der Waals surface area (Å²) in [5, 5.41) is 11.8. The summed E-state index contributed by atoms with van der Waals surface area (Å²) in [6, 6.07) is 12.4. The van der Waals surface area contributed by atoms with Crippen LogP contribution in [-0.4, -0.2) is 10.1 Å². The van der Waals surface area contributed by atoms with E-state index in [1.54, 1.807) is 12.1 Å². The normalized spacial score (nSPS) is 10.7. The number of phenolic OH excluding ortho intramolecular Hbond substituents is 1. The standard InChI is InChI=1S/C16H12FNO2/c17-14-5-11(8-18-9-14)10-20-16-7-13-4-2-1-3-12(13)6-15(16)19/h1-9,19H,10H2. The van der Waals surface area contributed by atoms with E-state index in [9.17, 15) is 9.50 Å². The molecule has 1 aromatic heterocycles. The molecule has 20 heavy (non-hydrogen) atoms. The maximum absolute atomic E-state index is 13.0. The smallest absolute Gasteiger partial charge is 0.162 e. The predicted molar refractivity (Wildman–Crippen MR) is 74.1 cm³/mol. The Morgan fingerprint density at radius 1 is 1.05 bits per heavy atom. The highest BCUT2D eigenvalue weighted by Crippen LogP contribution is 2.31. The van der Waals surface area contributed by atoms with Crippen molar-refractivity contribution in [1.29, 1.82) is 0 Å². The average molecular weight is 269 g/mol. The van der Waals surface area contributed by atoms with Gasteiger partial charge in [-0.05, 0) is 29.0 Å². The van der Waals surface area contributed by atoms with E-state index < -0.39 is 5.82 Å². The van der Waals surface area contributed by atoms with Crippen LogP contribution in [0.2, 0.25) is 0 Å². The molecular weight excluding hydrogens is 257 g/mol. The summed E-state index contributed by atoms with van der Waals surface area (Å²) < 4.78 is 18.5. The molecule has 0 aliphatic rings. The first-order chi connectivity index (χ1) is 9.72. The second-order valence-electron chi connectivity index (χ2n) is 4.47. The minimum absolute atomic E-state index is 0.0630. The van der Waals surface area contributed by atoms with Crippen LogP contribution in [0.3, 0.4) is 0 Å². The number of fused-ring (bicyclic) bond motifs is 1. The Morgan fingerprint density at radius 3 is 2.55 bits per heavy atom. The summed E-state index contributed by atoms with van der Waals surface area (Å²) in [6.07, 6.45) is 2.66. The van der Waals surface area contributed by atoms with Crippen molar-refractivity contribution in [2.24, 2.45) is 0 Å². The van der Waals surface area contributed by atoms with Crippen molar-refractivity contribution in [3.63, 3.8) is 0 Å². The van der Waals surface area contributed by atoms with Gasteiger partial charge in [0.15, 0.2) is 11.5 Å². The highest BCUT2D eigenvalue weighted by atomic mass is 19.1. The van der Waals surface area contributed by atoms with Gasteiger partial charge >= 0.3 is 0 Å². The number of hydrogen-bond donors (Lipinski definition) is 1. The van der Waals surface area contributed by atoms with Crippen LogP contribution >= 0.6 is 0 Å². The van der Waals surface area contributed by atoms with Gasteiger partial charge in [0.2, 0.25) is 0 Å². The van der Waals surface area contributed by atoms with E-state index in [0.717, 1.165) is 17.0 Å². The molecule has 3 aromatic rings. The lowest BCUT2D eigenvalue weighted by Crippen LogP contribution is -1.97. The third kappa shape index (κ3) is 2.54. The number of pyridine rings is 1. The van der Waals surface area contributed by atoms with Crippen molar-refractivity contribution < 1.29 is 14.2 Å². The van der Waals surface area contributed by atoms with Crippen molar-refractivity contribution in [2.45, 2.75) is 6.61 Å². The van der Waals surface area contributed by atoms with E-state index in [4.69, 9.17) is 4.74 Å². The quantitative estimate of drug-likeness (QED) is 0.789. The summed E-state index contributed by atoms with van der Waals surface area (Å²) in [5.41, 5.74) is 0.609. The minimum Gasteiger partial charge on any atom is -0.504 e. The number of aromatic nitrogens is 1. The Hall–Kier alpha value is -2.62. The summed E-state index contributed by atoms with van der Waals surface area (Å²) in [4.78, 5) is 3.75. The molecule has 0 saturated heterocycles. The molecule has 0 unspecified atom stereocenters. The van der Waals surface area contributed by atoms with E-state index >= 15 is 0 Å². The van der Waals surface area contributed by atoms with Crippen molar-refractivity contribution in [1.82, 2.24) is 4.98 Å². The van der Waals surface area contributed by atoms with Gasteiger partial charge in [0, 0.05) is 11.8 Å². The number of phenols is 1. The van der Waals surface area contributed by atoms with Crippen LogP contribution < -0.4 is 4.74 Å². The van der Waals surface area contributed by atoms with Crippen LogP contribution in [0.5, 0.6) is 11.5 Å². The van der Waals surface area contributed by atoms with Crippen LogP contribution in [0.15, 0.2) is 54.9 Å². The molecular formula is C16H12FNO2. The summed E-state index contributed by atoms with van der Waals surface area (Å²) in [6.45, 7) is 0.149. The molecule has 0 saturated carbocycles. The van der Waals surface area contributed by atoms with E-state index in [1.807, 2.05) is 24.3 Å². The molecule has 0 aliphatic heterocycles. The lowest BCUT2D eigenvalue weighted by atomic mass is 10.1. The van der Waals surface area contributed by atoms with Crippen molar-refractivity contribution in [3.05, 3.63) is 66.2 Å². The summed E-state index contributed by atoms with van der Waals surface area (Å²) in [5.74, 6) is 0.0230. The number of benzene rings is 2. The molecule has 0 spiro atoms. The molecule has 3 nitrogen and oxygen atoms in total. The van der Waals surface area contributed by atoms with Gasteiger partial charge in [-0.1, -0.05) is 24.3 Å². The van der Waals surface area contributed by atoms with Crippen LogP contribution in [0.25, 0.3) is 10.8 Å². The van der Waals surface area contributed by atoms with Crippen LogP contribution in [-0.2, 0) is 6.61 Å². The van der Waals surface area contributed by atoms with Gasteiger partial charge in [0.1, 0.15) is 12.4 Å². The lowest BCUT2D eigenvalue weighted by molar-refractivity contribution is 0.288. The van der Waals surface area contributed by atoms with Gasteiger partial charge in [-0.25, -0.2) is 4.39 Å². The van der Waals surface area contributed by atoms with Crippen LogP contribution in [0, 0.1) is 5.82 Å². The monoisotopic (exact) mass is 269 g/mol. The van der Waals surface area contributed by atoms with E-state index in [-0.39, 0.29) is 12.4 Å². The number of halogens is 1. The Morgan fingerprint density at radius 2 is 1.80 bits per heavy atom. The van der Waals surface area contributed by atoms with Gasteiger partial charge in [0.25, 0.3) is 0 Å². The topological polar surface area (TPSA) is 42.4 Å².